The first-order valence-electron chi connectivity index (χ1n) is 10.6. The Labute approximate surface area is 187 Å². The summed E-state index contributed by atoms with van der Waals surface area (Å²) in [6.45, 7) is 0.222. The van der Waals surface area contributed by atoms with Crippen molar-refractivity contribution in [2.45, 2.75) is 19.3 Å². The van der Waals surface area contributed by atoms with Crippen LogP contribution < -0.4 is 11.1 Å². The van der Waals surface area contributed by atoms with Crippen LogP contribution in [-0.4, -0.2) is 57.3 Å². The van der Waals surface area contributed by atoms with Gasteiger partial charge in [-0.1, -0.05) is 42.5 Å². The van der Waals surface area contributed by atoms with E-state index in [2.05, 4.69) is 15.3 Å². The number of nitrogens with two attached hydrogens (primary N) is 1. The number of anilines is 3. The van der Waals surface area contributed by atoms with Crippen LogP contribution in [0.2, 0.25) is 0 Å². The molecule has 2 aromatic carbocycles. The Hall–Kier alpha value is -3.49. The minimum Gasteiger partial charge on any atom is -0.395 e. The van der Waals surface area contributed by atoms with Gasteiger partial charge in [0, 0.05) is 37.7 Å². The molecule has 1 heterocycles. The first-order chi connectivity index (χ1) is 15.6. The average Bonchev–Trinajstić information content (AvgIpc) is 2.78. The molecule has 0 saturated heterocycles. The summed E-state index contributed by atoms with van der Waals surface area (Å²) in [5.74, 6) is 0.746. The first-order valence-corrected chi connectivity index (χ1v) is 10.6. The lowest BCUT2D eigenvalue weighted by Gasteiger charge is -2.20. The number of aliphatic hydroxyl groups is 2. The average molecular weight is 436 g/mol. The van der Waals surface area contributed by atoms with Crippen molar-refractivity contribution in [3.05, 3.63) is 77.5 Å². The van der Waals surface area contributed by atoms with Gasteiger partial charge in [-0.3, -0.25) is 4.79 Å². The molecule has 3 rings (SSSR count). The number of benzene rings is 2. The van der Waals surface area contributed by atoms with E-state index in [0.29, 0.717) is 31.0 Å². The molecule has 0 fully saturated rings. The molecule has 168 valence electrons. The van der Waals surface area contributed by atoms with Gasteiger partial charge in [0.05, 0.1) is 18.9 Å². The number of rotatable bonds is 11. The second kappa shape index (κ2) is 11.8. The summed E-state index contributed by atoms with van der Waals surface area (Å²) in [6, 6.07) is 19.5. The predicted octanol–water partition coefficient (Wildman–Crippen LogP) is 2.14. The maximum Gasteiger partial charge on any atom is 0.229 e. The quantitative estimate of drug-likeness (QED) is 0.364. The molecule has 8 heteroatoms. The SMILES string of the molecule is Nc1cc(Cc2ccccc2)nc(Nc2ccc(CCC(=O)N(CCO)CCO)cc2)n1. The molecule has 0 atom stereocenters. The summed E-state index contributed by atoms with van der Waals surface area (Å²) in [6.07, 6.45) is 1.55. The van der Waals surface area contributed by atoms with E-state index in [1.807, 2.05) is 54.6 Å². The minimum atomic E-state index is -0.120. The van der Waals surface area contributed by atoms with E-state index in [1.165, 1.54) is 4.90 Å². The lowest BCUT2D eigenvalue weighted by Crippen LogP contribution is -2.35. The standard InChI is InChI=1S/C24H29N5O3/c25-22-17-21(16-19-4-2-1-3-5-19)27-24(28-22)26-20-9-6-18(7-10-20)8-11-23(32)29(12-14-30)13-15-31/h1-7,9-10,17,30-31H,8,11-16H2,(H3,25,26,27,28). The maximum atomic E-state index is 12.3. The number of hydrogen-bond donors (Lipinski definition) is 4. The highest BCUT2D eigenvalue weighted by Gasteiger charge is 2.12. The summed E-state index contributed by atoms with van der Waals surface area (Å²) in [5, 5.41) is 21.3. The number of nitrogens with one attached hydrogen (secondary N) is 1. The fourth-order valence-electron chi connectivity index (χ4n) is 3.37. The van der Waals surface area contributed by atoms with Crippen molar-refractivity contribution in [2.24, 2.45) is 0 Å². The zero-order chi connectivity index (χ0) is 22.8. The number of carbonyl (C=O) groups excluding carboxylic acids is 1. The summed E-state index contributed by atoms with van der Waals surface area (Å²) in [7, 11) is 0. The Morgan fingerprint density at radius 1 is 0.938 bits per heavy atom. The van der Waals surface area contributed by atoms with Crippen LogP contribution in [0.1, 0.15) is 23.2 Å². The smallest absolute Gasteiger partial charge is 0.229 e. The number of aromatic nitrogens is 2. The molecule has 0 aliphatic carbocycles. The second-order valence-electron chi connectivity index (χ2n) is 7.42. The normalized spacial score (nSPS) is 10.7. The van der Waals surface area contributed by atoms with Crippen molar-refractivity contribution in [3.63, 3.8) is 0 Å². The Bertz CT molecular complexity index is 990. The molecule has 32 heavy (non-hydrogen) atoms. The van der Waals surface area contributed by atoms with Gasteiger partial charge in [-0.05, 0) is 29.7 Å². The van der Waals surface area contributed by atoms with Gasteiger partial charge >= 0.3 is 0 Å². The molecule has 0 saturated carbocycles. The minimum absolute atomic E-state index is 0.0885. The van der Waals surface area contributed by atoms with E-state index in [0.717, 1.165) is 22.5 Å². The third kappa shape index (κ3) is 7.04. The van der Waals surface area contributed by atoms with E-state index in [1.54, 1.807) is 6.07 Å². The van der Waals surface area contributed by atoms with E-state index >= 15 is 0 Å². The lowest BCUT2D eigenvalue weighted by atomic mass is 10.1. The van der Waals surface area contributed by atoms with Gasteiger partial charge in [0.25, 0.3) is 0 Å². The van der Waals surface area contributed by atoms with Crippen LogP contribution in [0, 0.1) is 0 Å². The molecule has 0 spiro atoms. The van der Waals surface area contributed by atoms with Gasteiger partial charge in [0.1, 0.15) is 5.82 Å². The molecule has 0 unspecified atom stereocenters. The van der Waals surface area contributed by atoms with Crippen molar-refractivity contribution >= 4 is 23.4 Å². The highest BCUT2D eigenvalue weighted by atomic mass is 16.3. The highest BCUT2D eigenvalue weighted by Crippen LogP contribution is 2.18. The van der Waals surface area contributed by atoms with E-state index in [-0.39, 0.29) is 32.2 Å². The van der Waals surface area contributed by atoms with Crippen LogP contribution in [0.15, 0.2) is 60.7 Å². The molecule has 3 aromatic rings. The third-order valence-corrected chi connectivity index (χ3v) is 4.96. The number of aliphatic hydroxyl groups excluding tert-OH is 2. The van der Waals surface area contributed by atoms with Gasteiger partial charge in [-0.15, -0.1) is 0 Å². The fraction of sp³-hybridized carbons (Fsp3) is 0.292. The zero-order valence-corrected chi connectivity index (χ0v) is 17.9. The second-order valence-corrected chi connectivity index (χ2v) is 7.42. The molecule has 0 aliphatic heterocycles. The largest absolute Gasteiger partial charge is 0.395 e. The summed E-state index contributed by atoms with van der Waals surface area (Å²) in [5.41, 5.74) is 9.77. The summed E-state index contributed by atoms with van der Waals surface area (Å²) in [4.78, 5) is 22.6. The van der Waals surface area contributed by atoms with Gasteiger partial charge in [0.2, 0.25) is 11.9 Å². The molecule has 1 aromatic heterocycles. The van der Waals surface area contributed by atoms with Crippen LogP contribution in [0.4, 0.5) is 17.5 Å². The monoisotopic (exact) mass is 435 g/mol. The van der Waals surface area contributed by atoms with Gasteiger partial charge in [-0.2, -0.15) is 4.98 Å². The van der Waals surface area contributed by atoms with Crippen molar-refractivity contribution in [1.29, 1.82) is 0 Å². The maximum absolute atomic E-state index is 12.3. The first kappa shape index (κ1) is 23.2. The van der Waals surface area contributed by atoms with Gasteiger partial charge < -0.3 is 26.2 Å². The van der Waals surface area contributed by atoms with Crippen molar-refractivity contribution in [1.82, 2.24) is 14.9 Å². The number of nitrogen functional groups attached to an aromatic ring is 1. The number of carbonyl (C=O) groups is 1. The predicted molar refractivity (Wildman–Crippen MR) is 124 cm³/mol. The van der Waals surface area contributed by atoms with Crippen LogP contribution in [-0.2, 0) is 17.6 Å². The molecule has 0 bridgehead atoms. The Kier molecular flexibility index (Phi) is 8.53. The van der Waals surface area contributed by atoms with Gasteiger partial charge in [-0.25, -0.2) is 4.98 Å². The van der Waals surface area contributed by atoms with E-state index in [9.17, 15) is 4.79 Å². The molecule has 5 N–H and O–H groups in total. The third-order valence-electron chi connectivity index (χ3n) is 4.96. The molecular formula is C24H29N5O3. The van der Waals surface area contributed by atoms with Crippen LogP contribution in [0.5, 0.6) is 0 Å². The summed E-state index contributed by atoms with van der Waals surface area (Å²) >= 11 is 0. The zero-order valence-electron chi connectivity index (χ0n) is 17.9. The molecule has 8 nitrogen and oxygen atoms in total. The fourth-order valence-corrected chi connectivity index (χ4v) is 3.37. The van der Waals surface area contributed by atoms with Crippen LogP contribution in [0.25, 0.3) is 0 Å². The Morgan fingerprint density at radius 3 is 2.28 bits per heavy atom. The Morgan fingerprint density at radius 2 is 1.62 bits per heavy atom. The molecule has 0 radical (unpaired) electrons. The highest BCUT2D eigenvalue weighted by molar-refractivity contribution is 5.76. The number of amides is 1. The van der Waals surface area contributed by atoms with Crippen LogP contribution >= 0.6 is 0 Å². The topological polar surface area (TPSA) is 125 Å². The number of hydrogen-bond acceptors (Lipinski definition) is 7. The van der Waals surface area contributed by atoms with Crippen molar-refractivity contribution in [2.75, 3.05) is 37.4 Å². The Balaban J connectivity index is 1.59. The van der Waals surface area contributed by atoms with E-state index < -0.39 is 0 Å². The molecular weight excluding hydrogens is 406 g/mol. The molecule has 0 aliphatic rings. The molecule has 1 amide bonds. The number of nitrogens with zero attached hydrogens (tertiary/aromatic N) is 3. The number of aryl methyl sites for hydroxylation is 1. The summed E-state index contributed by atoms with van der Waals surface area (Å²) < 4.78 is 0. The van der Waals surface area contributed by atoms with Crippen LogP contribution in [0.3, 0.4) is 0 Å². The van der Waals surface area contributed by atoms with Crippen molar-refractivity contribution < 1.29 is 15.0 Å². The van der Waals surface area contributed by atoms with E-state index in [4.69, 9.17) is 15.9 Å². The van der Waals surface area contributed by atoms with Crippen molar-refractivity contribution in [3.8, 4) is 0 Å². The van der Waals surface area contributed by atoms with Gasteiger partial charge in [0.15, 0.2) is 0 Å². The lowest BCUT2D eigenvalue weighted by molar-refractivity contribution is -0.132.